The first-order valence-electron chi connectivity index (χ1n) is 7.02. The third kappa shape index (κ3) is 3.34. The summed E-state index contributed by atoms with van der Waals surface area (Å²) in [6.07, 6.45) is 0.722. The number of hydrogen-bond acceptors (Lipinski definition) is 3. The average molecular weight is 297 g/mol. The van der Waals surface area contributed by atoms with Crippen LogP contribution in [0.25, 0.3) is 11.1 Å². The van der Waals surface area contributed by atoms with Crippen LogP contribution in [0.5, 0.6) is 5.75 Å². The number of anilines is 1. The molecule has 0 saturated carbocycles. The van der Waals surface area contributed by atoms with Crippen molar-refractivity contribution in [3.63, 3.8) is 0 Å². The van der Waals surface area contributed by atoms with Gasteiger partial charge in [-0.3, -0.25) is 9.59 Å². The van der Waals surface area contributed by atoms with E-state index in [-0.39, 0.29) is 11.7 Å². The van der Waals surface area contributed by atoms with Gasteiger partial charge in [0.1, 0.15) is 12.0 Å². The molecule has 0 unspecified atom stereocenters. The predicted molar refractivity (Wildman–Crippen MR) is 87.0 cm³/mol. The van der Waals surface area contributed by atoms with Crippen molar-refractivity contribution in [3.05, 3.63) is 48.0 Å². The monoisotopic (exact) mass is 297 g/mol. The maximum Gasteiger partial charge on any atom is 0.229 e. The van der Waals surface area contributed by atoms with Crippen molar-refractivity contribution in [2.75, 3.05) is 5.32 Å². The van der Waals surface area contributed by atoms with Crippen LogP contribution < -0.4 is 5.32 Å². The van der Waals surface area contributed by atoms with E-state index in [1.165, 1.54) is 6.07 Å². The highest BCUT2D eigenvalue weighted by Gasteiger charge is 2.22. The summed E-state index contributed by atoms with van der Waals surface area (Å²) in [6.45, 7) is 5.49. The van der Waals surface area contributed by atoms with E-state index in [2.05, 4.69) is 5.32 Å². The molecule has 1 amide bonds. The Bertz CT molecular complexity index is 715. The van der Waals surface area contributed by atoms with Crippen LogP contribution in [-0.2, 0) is 4.79 Å². The number of aldehydes is 1. The molecule has 2 N–H and O–H groups in total. The quantitative estimate of drug-likeness (QED) is 0.845. The van der Waals surface area contributed by atoms with Crippen molar-refractivity contribution in [2.24, 2.45) is 5.41 Å². The molecule has 0 aromatic heterocycles. The molecule has 22 heavy (non-hydrogen) atoms. The molecule has 0 aliphatic rings. The molecule has 2 aromatic carbocycles. The van der Waals surface area contributed by atoms with Gasteiger partial charge in [-0.1, -0.05) is 39.0 Å². The van der Waals surface area contributed by atoms with Crippen LogP contribution in [0.4, 0.5) is 5.69 Å². The summed E-state index contributed by atoms with van der Waals surface area (Å²) in [5.41, 5.74) is 1.71. The highest BCUT2D eigenvalue weighted by Crippen LogP contribution is 2.35. The number of carbonyl (C=O) groups excluding carboxylic acids is 2. The molecule has 0 bridgehead atoms. The SMILES string of the molecule is CC(C)(C)C(=O)Nc1ccccc1-c1cc(C=O)ccc1O. The number of benzene rings is 2. The minimum Gasteiger partial charge on any atom is -0.507 e. The van der Waals surface area contributed by atoms with Gasteiger partial charge in [-0.2, -0.15) is 0 Å². The third-order valence-corrected chi connectivity index (χ3v) is 3.30. The van der Waals surface area contributed by atoms with Crippen LogP contribution in [0.1, 0.15) is 31.1 Å². The number of amides is 1. The Morgan fingerprint density at radius 3 is 2.41 bits per heavy atom. The molecule has 0 aliphatic heterocycles. The highest BCUT2D eigenvalue weighted by molar-refractivity contribution is 5.99. The molecule has 2 aromatic rings. The Morgan fingerprint density at radius 2 is 1.77 bits per heavy atom. The summed E-state index contributed by atoms with van der Waals surface area (Å²) in [5, 5.41) is 12.9. The van der Waals surface area contributed by atoms with Crippen molar-refractivity contribution in [2.45, 2.75) is 20.8 Å². The number of phenols is 1. The van der Waals surface area contributed by atoms with E-state index in [1.54, 1.807) is 24.3 Å². The maximum atomic E-state index is 12.2. The Morgan fingerprint density at radius 1 is 1.09 bits per heavy atom. The highest BCUT2D eigenvalue weighted by atomic mass is 16.3. The lowest BCUT2D eigenvalue weighted by atomic mass is 9.94. The van der Waals surface area contributed by atoms with E-state index in [0.29, 0.717) is 22.4 Å². The smallest absolute Gasteiger partial charge is 0.229 e. The molecule has 4 heteroatoms. The van der Waals surface area contributed by atoms with Crippen molar-refractivity contribution >= 4 is 17.9 Å². The van der Waals surface area contributed by atoms with Crippen LogP contribution in [0, 0.1) is 5.41 Å². The Kier molecular flexibility index (Phi) is 4.31. The topological polar surface area (TPSA) is 66.4 Å². The minimum atomic E-state index is -0.528. The van der Waals surface area contributed by atoms with E-state index in [1.807, 2.05) is 32.9 Å². The second kappa shape index (κ2) is 6.02. The van der Waals surface area contributed by atoms with Gasteiger partial charge in [-0.05, 0) is 24.3 Å². The fraction of sp³-hybridized carbons (Fsp3) is 0.222. The zero-order valence-corrected chi connectivity index (χ0v) is 12.9. The lowest BCUT2D eigenvalue weighted by Gasteiger charge is -2.19. The molecule has 0 spiro atoms. The molecule has 0 aliphatic carbocycles. The lowest BCUT2D eigenvalue weighted by Crippen LogP contribution is -2.27. The minimum absolute atomic E-state index is 0.0584. The molecular formula is C18H19NO3. The Hall–Kier alpha value is -2.62. The normalized spacial score (nSPS) is 11.0. The van der Waals surface area contributed by atoms with Gasteiger partial charge in [0.05, 0.1) is 0 Å². The van der Waals surface area contributed by atoms with Crippen molar-refractivity contribution in [1.29, 1.82) is 0 Å². The van der Waals surface area contributed by atoms with Gasteiger partial charge >= 0.3 is 0 Å². The lowest BCUT2D eigenvalue weighted by molar-refractivity contribution is -0.123. The molecule has 2 rings (SSSR count). The van der Waals surface area contributed by atoms with E-state index in [4.69, 9.17) is 0 Å². The van der Waals surface area contributed by atoms with E-state index < -0.39 is 5.41 Å². The largest absolute Gasteiger partial charge is 0.507 e. The number of rotatable bonds is 3. The average Bonchev–Trinajstić information content (AvgIpc) is 2.47. The zero-order chi connectivity index (χ0) is 16.3. The molecular weight excluding hydrogens is 278 g/mol. The molecule has 0 fully saturated rings. The number of para-hydroxylation sites is 1. The van der Waals surface area contributed by atoms with E-state index >= 15 is 0 Å². The molecule has 0 heterocycles. The van der Waals surface area contributed by atoms with Crippen molar-refractivity contribution < 1.29 is 14.7 Å². The van der Waals surface area contributed by atoms with Gasteiger partial charge < -0.3 is 10.4 Å². The standard InChI is InChI=1S/C18H19NO3/c1-18(2,3)17(22)19-15-7-5-4-6-13(15)14-10-12(11-20)8-9-16(14)21/h4-11,21H,1-3H3,(H,19,22). The van der Waals surface area contributed by atoms with Gasteiger partial charge in [0, 0.05) is 27.8 Å². The number of nitrogens with one attached hydrogen (secondary N) is 1. The van der Waals surface area contributed by atoms with Gasteiger partial charge in [-0.15, -0.1) is 0 Å². The first-order chi connectivity index (χ1) is 10.3. The molecule has 0 radical (unpaired) electrons. The van der Waals surface area contributed by atoms with Crippen molar-refractivity contribution in [1.82, 2.24) is 0 Å². The number of hydrogen-bond donors (Lipinski definition) is 2. The summed E-state index contributed by atoms with van der Waals surface area (Å²) in [7, 11) is 0. The van der Waals surface area contributed by atoms with Gasteiger partial charge in [0.2, 0.25) is 5.91 Å². The maximum absolute atomic E-state index is 12.2. The first-order valence-corrected chi connectivity index (χ1v) is 7.02. The van der Waals surface area contributed by atoms with Crippen molar-refractivity contribution in [3.8, 4) is 16.9 Å². The number of phenolic OH excluding ortho intramolecular Hbond substituents is 1. The van der Waals surface area contributed by atoms with Gasteiger partial charge in [-0.25, -0.2) is 0 Å². The summed E-state index contributed by atoms with van der Waals surface area (Å²) in [5.74, 6) is -0.0611. The molecule has 0 atom stereocenters. The van der Waals surface area contributed by atoms with E-state index in [0.717, 1.165) is 6.29 Å². The second-order valence-electron chi connectivity index (χ2n) is 6.14. The number of aromatic hydroxyl groups is 1. The third-order valence-electron chi connectivity index (χ3n) is 3.30. The molecule has 4 nitrogen and oxygen atoms in total. The predicted octanol–water partition coefficient (Wildman–Crippen LogP) is 3.86. The molecule has 114 valence electrons. The van der Waals surface area contributed by atoms with Crippen LogP contribution in [0.2, 0.25) is 0 Å². The van der Waals surface area contributed by atoms with Crippen LogP contribution in [0.15, 0.2) is 42.5 Å². The number of carbonyl (C=O) groups is 2. The summed E-state index contributed by atoms with van der Waals surface area (Å²) >= 11 is 0. The molecule has 0 saturated heterocycles. The van der Waals surface area contributed by atoms with Gasteiger partial charge in [0.25, 0.3) is 0 Å². The van der Waals surface area contributed by atoms with E-state index in [9.17, 15) is 14.7 Å². The van der Waals surface area contributed by atoms with Crippen LogP contribution in [0.3, 0.4) is 0 Å². The second-order valence-corrected chi connectivity index (χ2v) is 6.14. The first kappa shape index (κ1) is 15.8. The fourth-order valence-electron chi connectivity index (χ4n) is 1.98. The summed E-state index contributed by atoms with van der Waals surface area (Å²) in [6, 6.07) is 11.8. The van der Waals surface area contributed by atoms with Crippen LogP contribution in [-0.4, -0.2) is 17.3 Å². The summed E-state index contributed by atoms with van der Waals surface area (Å²) in [4.78, 5) is 23.1. The Labute approximate surface area is 129 Å². The fourth-order valence-corrected chi connectivity index (χ4v) is 1.98. The summed E-state index contributed by atoms with van der Waals surface area (Å²) < 4.78 is 0. The Balaban J connectivity index is 2.49. The van der Waals surface area contributed by atoms with Crippen LogP contribution >= 0.6 is 0 Å². The zero-order valence-electron chi connectivity index (χ0n) is 12.9. The van der Waals surface area contributed by atoms with Gasteiger partial charge in [0.15, 0.2) is 0 Å².